The number of benzene rings is 11. The van der Waals surface area contributed by atoms with Crippen molar-refractivity contribution in [2.24, 2.45) is 0 Å². The number of pyridine rings is 1. The summed E-state index contributed by atoms with van der Waals surface area (Å²) in [4.78, 5) is 22.3. The van der Waals surface area contributed by atoms with Crippen LogP contribution in [0, 0.1) is 6.92 Å². The van der Waals surface area contributed by atoms with Crippen LogP contribution in [-0.4, -0.2) is 4.57 Å². The molecule has 0 fully saturated rings. The average Bonchev–Trinajstić information content (AvgIpc) is 0.690. The first kappa shape index (κ1) is 55.8. The molecule has 7 heteroatoms. The first-order chi connectivity index (χ1) is 40.4. The maximum atomic E-state index is 16.3. The summed E-state index contributed by atoms with van der Waals surface area (Å²) in [5.74, 6) is 0.621. The lowest BCUT2D eigenvalue weighted by Crippen LogP contribution is -2.33. The highest BCUT2D eigenvalue weighted by Crippen LogP contribution is 2.55. The first-order valence-corrected chi connectivity index (χ1v) is 31.0. The second kappa shape index (κ2) is 21.6. The van der Waals surface area contributed by atoms with Gasteiger partial charge in [0.1, 0.15) is 0 Å². The summed E-state index contributed by atoms with van der Waals surface area (Å²) in [5, 5.41) is 11.3. The topological polar surface area (TPSA) is 25.2 Å². The minimum absolute atomic E-state index is 0.0735. The maximum Gasteiger partial charge on any atom is 0.263 e. The number of rotatable bonds is 13. The largest absolute Gasteiger partial charge is 0.310 e. The van der Waals surface area contributed by atoms with Crippen LogP contribution in [0.1, 0.15) is 137 Å². The smallest absolute Gasteiger partial charge is 0.263 e. The normalized spacial score (nSPS) is 12.9. The van der Waals surface area contributed by atoms with Gasteiger partial charge in [0, 0.05) is 69.0 Å². The fourth-order valence-corrected chi connectivity index (χ4v) is 14.5. The Labute approximate surface area is 515 Å². The highest BCUT2D eigenvalue weighted by Gasteiger charge is 2.36. The molecule has 0 saturated carbocycles. The van der Waals surface area contributed by atoms with E-state index in [4.69, 9.17) is 70.3 Å². The lowest BCUT2D eigenvalue weighted by Gasteiger charge is -2.39. The van der Waals surface area contributed by atoms with Gasteiger partial charge >= 0.3 is 0 Å². The lowest BCUT2D eigenvalue weighted by atomic mass is 9.75. The van der Waals surface area contributed by atoms with Crippen LogP contribution in [0.15, 0.2) is 195 Å². The van der Waals surface area contributed by atoms with Crippen LogP contribution in [0.25, 0.3) is 77.5 Å². The molecular formula is C77H68N2OS4. The quantitative estimate of drug-likeness (QED) is 0.0526. The molecule has 416 valence electrons. The van der Waals surface area contributed by atoms with E-state index in [0.717, 1.165) is 119 Å². The number of aryl methyl sites for hydroxylation is 1. The molecule has 13 rings (SSSR count). The molecule has 2 heterocycles. The summed E-state index contributed by atoms with van der Waals surface area (Å²) in [7, 11) is 0. The Morgan fingerprint density at radius 2 is 0.726 bits per heavy atom. The third kappa shape index (κ3) is 9.29. The molecule has 1 aliphatic rings. The SMILES string of the molecule is C=C1c2cc(Cc3ccc(S)cc3)c3c4c(Cc5ccc(S)cc5)cc5c(=C)n(-c6c(C)cccc6C(C)C)c(=O)c6cc(Cc7ccc(S)cc7)c(c7c(Cc8ccc(S)cc8)cc(c2c37)C(=C)N1c1c(C(C)C)cccc1C(C)C)c4c56. The molecule has 1 aromatic heterocycles. The zero-order chi connectivity index (χ0) is 58.7. The van der Waals surface area contributed by atoms with Crippen molar-refractivity contribution in [3.05, 3.63) is 264 Å². The van der Waals surface area contributed by atoms with E-state index in [1.807, 2.05) is 4.57 Å². The number of fused-ring (bicyclic) bond motifs is 2. The summed E-state index contributed by atoms with van der Waals surface area (Å²) in [6, 6.07) is 57.0. The Kier molecular flexibility index (Phi) is 14.3. The molecule has 11 aromatic carbocycles. The van der Waals surface area contributed by atoms with Gasteiger partial charge in [-0.1, -0.05) is 146 Å². The van der Waals surface area contributed by atoms with Gasteiger partial charge in [0.15, 0.2) is 0 Å². The summed E-state index contributed by atoms with van der Waals surface area (Å²) < 4.78 is 1.93. The number of hydrogen-bond donors (Lipinski definition) is 4. The molecule has 0 N–H and O–H groups in total. The Bertz CT molecular complexity index is 4540. The molecule has 0 saturated heterocycles. The second-order valence-corrected chi connectivity index (χ2v) is 26.3. The van der Waals surface area contributed by atoms with Gasteiger partial charge in [0.05, 0.1) is 11.4 Å². The maximum absolute atomic E-state index is 16.3. The third-order valence-corrected chi connectivity index (χ3v) is 19.0. The van der Waals surface area contributed by atoms with Crippen molar-refractivity contribution in [1.29, 1.82) is 0 Å². The van der Waals surface area contributed by atoms with E-state index in [1.165, 1.54) is 49.5 Å². The minimum Gasteiger partial charge on any atom is -0.310 e. The van der Waals surface area contributed by atoms with E-state index in [-0.39, 0.29) is 23.3 Å². The number of nitrogens with zero attached hydrogens (tertiary/aromatic N) is 2. The number of para-hydroxylation sites is 2. The number of aromatic nitrogens is 1. The van der Waals surface area contributed by atoms with Crippen LogP contribution in [0.5, 0.6) is 0 Å². The van der Waals surface area contributed by atoms with E-state index in [1.54, 1.807) is 0 Å². The fraction of sp³-hybridized carbons (Fsp3) is 0.182. The predicted molar refractivity (Wildman–Crippen MR) is 371 cm³/mol. The lowest BCUT2D eigenvalue weighted by molar-refractivity contribution is 0.831. The van der Waals surface area contributed by atoms with E-state index in [0.29, 0.717) is 36.4 Å². The van der Waals surface area contributed by atoms with Gasteiger partial charge in [-0.05, 0) is 222 Å². The van der Waals surface area contributed by atoms with Crippen molar-refractivity contribution < 1.29 is 0 Å². The van der Waals surface area contributed by atoms with Gasteiger partial charge in [-0.15, -0.1) is 50.5 Å². The molecule has 0 bridgehead atoms. The standard InChI is InChI=1S/C77H68N2OS4/c1-41(2)60-14-11-13-44(7)75(60)79-47(10)65-39-54(35-50-21-29-58(83)30-22-50)69-67-52(33-48-17-25-56(81)26-18-48)37-63-45(8)78(76-61(42(3)4)15-12-16-62(76)43(5)6)46(9)64-38-53(34-49-19-27-57(82)28-20-49)68(73(67)71(63)64)70-55(36-51-23-31-59(84)32-24-51)40-66(77(79)80)72(65)74(69)70/h11-32,37-43,81-84H,8-10,33-36H2,1-7H3. The molecule has 0 amide bonds. The van der Waals surface area contributed by atoms with Crippen LogP contribution in [0.4, 0.5) is 5.69 Å². The minimum atomic E-state index is -0.0735. The Morgan fingerprint density at radius 3 is 1.11 bits per heavy atom. The fourth-order valence-electron chi connectivity index (χ4n) is 13.9. The van der Waals surface area contributed by atoms with Gasteiger partial charge in [-0.2, -0.15) is 0 Å². The molecule has 12 aromatic rings. The zero-order valence-corrected chi connectivity index (χ0v) is 52.4. The second-order valence-electron chi connectivity index (χ2n) is 24.3. The molecule has 3 nitrogen and oxygen atoms in total. The Morgan fingerprint density at radius 1 is 0.393 bits per heavy atom. The van der Waals surface area contributed by atoms with Crippen molar-refractivity contribution in [3.8, 4) is 5.69 Å². The van der Waals surface area contributed by atoms with Gasteiger partial charge < -0.3 is 4.90 Å². The van der Waals surface area contributed by atoms with E-state index >= 15 is 4.79 Å². The molecule has 0 aliphatic carbocycles. The summed E-state index contributed by atoms with van der Waals surface area (Å²) >= 11 is 19.1. The van der Waals surface area contributed by atoms with Gasteiger partial charge in [-0.3, -0.25) is 9.36 Å². The van der Waals surface area contributed by atoms with Crippen LogP contribution in [-0.2, 0) is 25.7 Å². The first-order valence-electron chi connectivity index (χ1n) is 29.2. The highest BCUT2D eigenvalue weighted by molar-refractivity contribution is 7.80. The van der Waals surface area contributed by atoms with Crippen LogP contribution < -0.4 is 15.8 Å². The van der Waals surface area contributed by atoms with Crippen molar-refractivity contribution >= 4 is 128 Å². The molecule has 84 heavy (non-hydrogen) atoms. The molecule has 0 radical (unpaired) electrons. The predicted octanol–water partition coefficient (Wildman–Crippen LogP) is 19.8. The number of thiol groups is 4. The molecule has 1 aliphatic heterocycles. The highest BCUT2D eigenvalue weighted by atomic mass is 32.1. The van der Waals surface area contributed by atoms with Crippen LogP contribution >= 0.6 is 50.5 Å². The van der Waals surface area contributed by atoms with Crippen molar-refractivity contribution in [3.63, 3.8) is 0 Å². The van der Waals surface area contributed by atoms with Crippen LogP contribution in [0.2, 0.25) is 0 Å². The van der Waals surface area contributed by atoms with Gasteiger partial charge in [0.2, 0.25) is 0 Å². The van der Waals surface area contributed by atoms with E-state index in [9.17, 15) is 0 Å². The zero-order valence-electron chi connectivity index (χ0n) is 48.8. The molecule has 0 spiro atoms. The van der Waals surface area contributed by atoms with E-state index in [2.05, 4.69) is 211 Å². The third-order valence-electron chi connectivity index (χ3n) is 17.8. The van der Waals surface area contributed by atoms with Gasteiger partial charge in [0.25, 0.3) is 5.56 Å². The molecule has 0 unspecified atom stereocenters. The van der Waals surface area contributed by atoms with Crippen molar-refractivity contribution in [1.82, 2.24) is 4.57 Å². The van der Waals surface area contributed by atoms with E-state index < -0.39 is 0 Å². The Balaban J connectivity index is 1.30. The van der Waals surface area contributed by atoms with Crippen molar-refractivity contribution in [2.45, 2.75) is 111 Å². The molecule has 0 atom stereocenters. The Hall–Kier alpha value is -7.39. The number of anilines is 1. The summed E-state index contributed by atoms with van der Waals surface area (Å²) in [6.07, 6.45) is 2.44. The number of hydrogen-bond acceptors (Lipinski definition) is 6. The molecular weight excluding hydrogens is 1100 g/mol. The average molecular weight is 1170 g/mol. The summed E-state index contributed by atoms with van der Waals surface area (Å²) in [5.41, 5.74) is 19.8. The monoisotopic (exact) mass is 1160 g/mol. The van der Waals surface area contributed by atoms with Crippen molar-refractivity contribution in [2.75, 3.05) is 4.90 Å². The summed E-state index contributed by atoms with van der Waals surface area (Å²) in [6.45, 7) is 30.9. The van der Waals surface area contributed by atoms with Crippen LogP contribution in [0.3, 0.4) is 0 Å². The van der Waals surface area contributed by atoms with Gasteiger partial charge in [-0.25, -0.2) is 0 Å².